The van der Waals surface area contributed by atoms with Gasteiger partial charge in [0.2, 0.25) is 0 Å². The number of aromatic nitrogens is 3. The largest absolute Gasteiger partial charge is 0.448 e. The summed E-state index contributed by atoms with van der Waals surface area (Å²) in [5.41, 5.74) is 4.38. The highest BCUT2D eigenvalue weighted by Crippen LogP contribution is 2.25. The van der Waals surface area contributed by atoms with Gasteiger partial charge in [0.25, 0.3) is 0 Å². The monoisotopic (exact) mass is 621 g/mol. The zero-order chi connectivity index (χ0) is 34.5. The highest BCUT2D eigenvalue weighted by Gasteiger charge is 2.19. The van der Waals surface area contributed by atoms with Crippen molar-refractivity contribution in [1.29, 1.82) is 0 Å². The van der Waals surface area contributed by atoms with Crippen molar-refractivity contribution in [3.8, 4) is 0 Å². The van der Waals surface area contributed by atoms with Gasteiger partial charge in [-0.3, -0.25) is 9.98 Å². The van der Waals surface area contributed by atoms with Crippen LogP contribution in [0.4, 0.5) is 0 Å². The van der Waals surface area contributed by atoms with E-state index in [0.717, 1.165) is 30.4 Å². The summed E-state index contributed by atoms with van der Waals surface area (Å²) >= 11 is 0. The second-order valence-corrected chi connectivity index (χ2v) is 16.1. The Bertz CT molecular complexity index is 1180. The first-order valence-corrected chi connectivity index (χ1v) is 15.7. The molecule has 3 aromatic heterocycles. The molecule has 0 saturated heterocycles. The van der Waals surface area contributed by atoms with Crippen LogP contribution < -0.4 is 0 Å². The summed E-state index contributed by atoms with van der Waals surface area (Å²) in [6.07, 6.45) is 14.9. The standard InChI is InChI=1S/2C8H13N.3C7H11NO/c1-8(2,3)7-4-5-9-6-7;1-8(2,3)7-5-4-6-9-7;1-7(2,3)6-8-4-5-9-6;1-7(2,3)6-4-5-9-8-6;1-7(2,3)6-4-5-8-9-6/h4,6H,5H2,1-3H3;4-5H,6H2,1-3H3;3*4-5H,1-3H3. The summed E-state index contributed by atoms with van der Waals surface area (Å²) in [7, 11) is 0. The Labute approximate surface area is 272 Å². The SMILES string of the molecule is CC(C)(C)C1=CCN=C1.CC(C)(C)C1=NCC=C1.CC(C)(C)c1ccno1.CC(C)(C)c1ccon1.CC(C)(C)c1ncco1. The lowest BCUT2D eigenvalue weighted by Gasteiger charge is -2.16. The van der Waals surface area contributed by atoms with E-state index in [2.05, 4.69) is 147 Å². The number of rotatable bonds is 0. The molecule has 0 atom stereocenters. The summed E-state index contributed by atoms with van der Waals surface area (Å²) < 4.78 is 14.7. The van der Waals surface area contributed by atoms with Crippen LogP contribution in [0.3, 0.4) is 0 Å². The molecular weight excluding hydrogens is 562 g/mol. The van der Waals surface area contributed by atoms with Crippen molar-refractivity contribution < 1.29 is 13.5 Å². The van der Waals surface area contributed by atoms with Crippen molar-refractivity contribution in [2.75, 3.05) is 13.1 Å². The molecule has 8 heteroatoms. The Hall–Kier alpha value is -3.55. The summed E-state index contributed by atoms with van der Waals surface area (Å²) in [4.78, 5) is 12.4. The molecule has 0 spiro atoms. The lowest BCUT2D eigenvalue weighted by molar-refractivity contribution is 0.329. The predicted octanol–water partition coefficient (Wildman–Crippen LogP) is 10.0. The molecule has 0 radical (unpaired) electrons. The van der Waals surface area contributed by atoms with E-state index in [9.17, 15) is 0 Å². The molecule has 45 heavy (non-hydrogen) atoms. The summed E-state index contributed by atoms with van der Waals surface area (Å²) in [5.74, 6) is 1.73. The molecule has 0 aromatic carbocycles. The van der Waals surface area contributed by atoms with Gasteiger partial charge in [0, 0.05) is 45.7 Å². The first-order chi connectivity index (χ1) is 20.5. The van der Waals surface area contributed by atoms with Crippen LogP contribution in [0.5, 0.6) is 0 Å². The normalized spacial score (nSPS) is 14.5. The van der Waals surface area contributed by atoms with Crippen molar-refractivity contribution in [1.82, 2.24) is 15.3 Å². The van der Waals surface area contributed by atoms with E-state index < -0.39 is 0 Å². The van der Waals surface area contributed by atoms with Gasteiger partial charge in [0.1, 0.15) is 18.3 Å². The van der Waals surface area contributed by atoms with Crippen molar-refractivity contribution in [2.24, 2.45) is 20.8 Å². The van der Waals surface area contributed by atoms with Crippen molar-refractivity contribution >= 4 is 11.9 Å². The van der Waals surface area contributed by atoms with Gasteiger partial charge in [-0.2, -0.15) is 0 Å². The van der Waals surface area contributed by atoms with Crippen LogP contribution in [0.15, 0.2) is 84.3 Å². The molecule has 0 saturated carbocycles. The van der Waals surface area contributed by atoms with Gasteiger partial charge in [-0.1, -0.05) is 126 Å². The zero-order valence-corrected chi connectivity index (χ0v) is 30.6. The molecule has 3 aromatic rings. The maximum absolute atomic E-state index is 5.09. The summed E-state index contributed by atoms with van der Waals surface area (Å²) in [6.45, 7) is 33.7. The predicted molar refractivity (Wildman–Crippen MR) is 187 cm³/mol. The Kier molecular flexibility index (Phi) is 14.6. The van der Waals surface area contributed by atoms with Crippen molar-refractivity contribution in [2.45, 2.75) is 120 Å². The van der Waals surface area contributed by atoms with E-state index >= 15 is 0 Å². The maximum Gasteiger partial charge on any atom is 0.199 e. The van der Waals surface area contributed by atoms with Crippen LogP contribution in [0.2, 0.25) is 0 Å². The first-order valence-electron chi connectivity index (χ1n) is 15.7. The minimum absolute atomic E-state index is 0.0451. The third kappa shape index (κ3) is 15.8. The molecule has 2 aliphatic heterocycles. The molecule has 0 aliphatic carbocycles. The average Bonchev–Trinajstić information content (AvgIpc) is 3.75. The van der Waals surface area contributed by atoms with Gasteiger partial charge >= 0.3 is 0 Å². The number of nitrogens with zero attached hydrogens (tertiary/aromatic N) is 5. The second kappa shape index (κ2) is 16.7. The molecule has 250 valence electrons. The Morgan fingerprint density at radius 3 is 1.56 bits per heavy atom. The second-order valence-electron chi connectivity index (χ2n) is 16.1. The van der Waals surface area contributed by atoms with Gasteiger partial charge in [0.15, 0.2) is 5.89 Å². The third-order valence-corrected chi connectivity index (χ3v) is 6.38. The maximum atomic E-state index is 5.09. The fourth-order valence-corrected chi connectivity index (χ4v) is 3.51. The smallest absolute Gasteiger partial charge is 0.199 e. The van der Waals surface area contributed by atoms with Crippen LogP contribution in [-0.2, 0) is 16.2 Å². The molecule has 0 N–H and O–H groups in total. The first kappa shape index (κ1) is 39.5. The van der Waals surface area contributed by atoms with E-state index in [1.54, 1.807) is 24.9 Å². The molecule has 5 rings (SSSR count). The summed E-state index contributed by atoms with van der Waals surface area (Å²) in [5, 5.41) is 7.43. The number of aliphatic imine (C=N–C) groups is 2. The molecule has 0 unspecified atom stereocenters. The topological polar surface area (TPSA) is 103 Å². The number of hydrogen-bond acceptors (Lipinski definition) is 8. The lowest BCUT2D eigenvalue weighted by Crippen LogP contribution is -2.16. The highest BCUT2D eigenvalue weighted by molar-refractivity contribution is 6.00. The molecule has 0 fully saturated rings. The van der Waals surface area contributed by atoms with Gasteiger partial charge in [0.05, 0.1) is 31.2 Å². The van der Waals surface area contributed by atoms with E-state index in [-0.39, 0.29) is 21.7 Å². The van der Waals surface area contributed by atoms with Gasteiger partial charge in [-0.15, -0.1) is 0 Å². The highest BCUT2D eigenvalue weighted by atomic mass is 16.5. The number of oxazole rings is 1. The molecule has 0 amide bonds. The molecule has 8 nitrogen and oxygen atoms in total. The molecule has 5 heterocycles. The van der Waals surface area contributed by atoms with Gasteiger partial charge in [-0.05, 0) is 17.1 Å². The number of hydrogen-bond donors (Lipinski definition) is 0. The Balaban J connectivity index is 0.000000281. The van der Waals surface area contributed by atoms with Crippen molar-refractivity contribution in [3.63, 3.8) is 0 Å². The third-order valence-electron chi connectivity index (χ3n) is 6.38. The molecule has 2 aliphatic rings. The van der Waals surface area contributed by atoms with Gasteiger partial charge in [-0.25, -0.2) is 4.98 Å². The summed E-state index contributed by atoms with van der Waals surface area (Å²) in [6, 6.07) is 3.78. The quantitative estimate of drug-likeness (QED) is 0.247. The average molecular weight is 622 g/mol. The van der Waals surface area contributed by atoms with Crippen LogP contribution >= 0.6 is 0 Å². The van der Waals surface area contributed by atoms with E-state index in [1.165, 1.54) is 11.3 Å². The van der Waals surface area contributed by atoms with Crippen LogP contribution in [0.1, 0.15) is 121 Å². The van der Waals surface area contributed by atoms with Crippen molar-refractivity contribution in [3.05, 3.63) is 78.2 Å². The minimum atomic E-state index is 0.0451. The molecular formula is C37H59N5O3. The number of allylic oxidation sites excluding steroid dienone is 2. The van der Waals surface area contributed by atoms with E-state index in [4.69, 9.17) is 13.5 Å². The van der Waals surface area contributed by atoms with Crippen LogP contribution in [0, 0.1) is 10.8 Å². The minimum Gasteiger partial charge on any atom is -0.448 e. The molecule has 0 bridgehead atoms. The van der Waals surface area contributed by atoms with E-state index in [1.807, 2.05) is 18.3 Å². The lowest BCUT2D eigenvalue weighted by atomic mass is 9.88. The fraction of sp³-hybridized carbons (Fsp3) is 0.595. The van der Waals surface area contributed by atoms with Crippen LogP contribution in [-0.4, -0.2) is 40.3 Å². The fourth-order valence-electron chi connectivity index (χ4n) is 3.51. The zero-order valence-electron chi connectivity index (χ0n) is 30.6. The van der Waals surface area contributed by atoms with Crippen LogP contribution in [0.25, 0.3) is 0 Å². The van der Waals surface area contributed by atoms with Gasteiger partial charge < -0.3 is 13.5 Å². The van der Waals surface area contributed by atoms with E-state index in [0.29, 0.717) is 5.41 Å². The Morgan fingerprint density at radius 1 is 0.667 bits per heavy atom. The Morgan fingerprint density at radius 2 is 1.33 bits per heavy atom.